The first-order valence-corrected chi connectivity index (χ1v) is 11.6. The summed E-state index contributed by atoms with van der Waals surface area (Å²) in [5.74, 6) is 0. The fourth-order valence-corrected chi connectivity index (χ4v) is 5.86. The first-order chi connectivity index (χ1) is 14.2. The highest BCUT2D eigenvalue weighted by Gasteiger charge is 2.43. The minimum Gasteiger partial charge on any atom is -0.341 e. The van der Waals surface area contributed by atoms with E-state index in [4.69, 9.17) is 4.99 Å². The maximum Gasteiger partial charge on any atom is 0.160 e. The van der Waals surface area contributed by atoms with Gasteiger partial charge in [0.1, 0.15) is 6.04 Å². The van der Waals surface area contributed by atoms with Crippen molar-refractivity contribution in [3.63, 3.8) is 0 Å². The van der Waals surface area contributed by atoms with Crippen molar-refractivity contribution in [2.45, 2.75) is 41.0 Å². The van der Waals surface area contributed by atoms with Crippen LogP contribution in [0.15, 0.2) is 87.7 Å². The van der Waals surface area contributed by atoms with Gasteiger partial charge in [0.2, 0.25) is 0 Å². The van der Waals surface area contributed by atoms with Gasteiger partial charge in [0.25, 0.3) is 0 Å². The number of aliphatic imine (C=N–C) groups is 1. The molecule has 5 heteroatoms. The van der Waals surface area contributed by atoms with Gasteiger partial charge in [-0.2, -0.15) is 0 Å². The zero-order valence-electron chi connectivity index (χ0n) is 16.5. The molecule has 2 aliphatic rings. The molecule has 1 fully saturated rings. The third-order valence-electron chi connectivity index (χ3n) is 5.36. The van der Waals surface area contributed by atoms with Crippen LogP contribution in [0.2, 0.25) is 0 Å². The molecular formula is C24H23N3S2. The van der Waals surface area contributed by atoms with Crippen molar-refractivity contribution in [3.05, 3.63) is 89.7 Å². The standard InChI is InChI=1S/C24H23N3S2/c1-16-6-10-19(11-7-16)29-20-12-8-18(9-13-20)23-22(21-5-3-4-14-25-21)26-24-27(23)15-17(2)28-24/h3-14,17,22-23H,15H2,1-2H3/t17-,22-,23-/m1/s1. The quantitative estimate of drug-likeness (QED) is 0.510. The molecule has 146 valence electrons. The van der Waals surface area contributed by atoms with Crippen molar-refractivity contribution in [2.24, 2.45) is 4.99 Å². The Morgan fingerprint density at radius 3 is 2.38 bits per heavy atom. The van der Waals surface area contributed by atoms with Gasteiger partial charge < -0.3 is 4.90 Å². The topological polar surface area (TPSA) is 28.5 Å². The second-order valence-electron chi connectivity index (χ2n) is 7.62. The molecule has 0 spiro atoms. The van der Waals surface area contributed by atoms with Crippen LogP contribution in [0.5, 0.6) is 0 Å². The second kappa shape index (κ2) is 7.88. The molecule has 29 heavy (non-hydrogen) atoms. The van der Waals surface area contributed by atoms with Crippen LogP contribution in [-0.2, 0) is 0 Å². The lowest BCUT2D eigenvalue weighted by molar-refractivity contribution is 0.321. The molecular weight excluding hydrogens is 394 g/mol. The predicted octanol–water partition coefficient (Wildman–Crippen LogP) is 6.13. The lowest BCUT2D eigenvalue weighted by Gasteiger charge is -2.27. The Morgan fingerprint density at radius 1 is 0.966 bits per heavy atom. The van der Waals surface area contributed by atoms with E-state index in [0.717, 1.165) is 17.4 Å². The first-order valence-electron chi connectivity index (χ1n) is 9.94. The van der Waals surface area contributed by atoms with Crippen LogP contribution in [0.25, 0.3) is 0 Å². The van der Waals surface area contributed by atoms with E-state index in [0.29, 0.717) is 5.25 Å². The Balaban J connectivity index is 1.42. The Labute approximate surface area is 180 Å². The van der Waals surface area contributed by atoms with Crippen molar-refractivity contribution in [1.82, 2.24) is 9.88 Å². The molecule has 3 heterocycles. The Morgan fingerprint density at radius 2 is 1.69 bits per heavy atom. The van der Waals surface area contributed by atoms with Crippen LogP contribution in [0, 0.1) is 6.92 Å². The molecule has 0 bridgehead atoms. The number of amidine groups is 1. The van der Waals surface area contributed by atoms with E-state index >= 15 is 0 Å². The van der Waals surface area contributed by atoms with E-state index in [9.17, 15) is 0 Å². The summed E-state index contributed by atoms with van der Waals surface area (Å²) in [5, 5.41) is 1.74. The van der Waals surface area contributed by atoms with Crippen molar-refractivity contribution < 1.29 is 0 Å². The van der Waals surface area contributed by atoms with Gasteiger partial charge >= 0.3 is 0 Å². The van der Waals surface area contributed by atoms with Gasteiger partial charge in [0, 0.05) is 27.8 Å². The summed E-state index contributed by atoms with van der Waals surface area (Å²) >= 11 is 3.69. The number of aromatic nitrogens is 1. The van der Waals surface area contributed by atoms with Gasteiger partial charge in [-0.15, -0.1) is 0 Å². The van der Waals surface area contributed by atoms with Crippen LogP contribution in [0.3, 0.4) is 0 Å². The van der Waals surface area contributed by atoms with Gasteiger partial charge in [-0.3, -0.25) is 9.98 Å². The third-order valence-corrected chi connectivity index (χ3v) is 7.48. The maximum atomic E-state index is 5.06. The molecule has 0 amide bonds. The average Bonchev–Trinajstić information content (AvgIpc) is 3.27. The van der Waals surface area contributed by atoms with Gasteiger partial charge in [-0.05, 0) is 48.9 Å². The van der Waals surface area contributed by atoms with Gasteiger partial charge in [0.15, 0.2) is 5.17 Å². The molecule has 0 N–H and O–H groups in total. The highest BCUT2D eigenvalue weighted by molar-refractivity contribution is 8.14. The largest absolute Gasteiger partial charge is 0.341 e. The second-order valence-corrected chi connectivity index (χ2v) is 10.2. The highest BCUT2D eigenvalue weighted by Crippen LogP contribution is 2.47. The number of fused-ring (bicyclic) bond motifs is 1. The molecule has 0 aliphatic carbocycles. The van der Waals surface area contributed by atoms with Crippen LogP contribution in [0.1, 0.15) is 35.8 Å². The average molecular weight is 418 g/mol. The molecule has 1 saturated heterocycles. The lowest BCUT2D eigenvalue weighted by atomic mass is 9.96. The van der Waals surface area contributed by atoms with Crippen molar-refractivity contribution >= 4 is 28.7 Å². The number of hydrogen-bond donors (Lipinski definition) is 0. The van der Waals surface area contributed by atoms with Crippen molar-refractivity contribution in [3.8, 4) is 0 Å². The summed E-state index contributed by atoms with van der Waals surface area (Å²) < 4.78 is 0. The zero-order valence-corrected chi connectivity index (χ0v) is 18.2. The summed E-state index contributed by atoms with van der Waals surface area (Å²) in [6, 6.07) is 24.1. The molecule has 1 aromatic heterocycles. The molecule has 3 aromatic rings. The summed E-state index contributed by atoms with van der Waals surface area (Å²) in [7, 11) is 0. The van der Waals surface area contributed by atoms with E-state index in [1.54, 1.807) is 11.8 Å². The highest BCUT2D eigenvalue weighted by atomic mass is 32.2. The van der Waals surface area contributed by atoms with Gasteiger partial charge in [-0.1, -0.05) is 66.3 Å². The monoisotopic (exact) mass is 417 g/mol. The lowest BCUT2D eigenvalue weighted by Crippen LogP contribution is -2.28. The van der Waals surface area contributed by atoms with Crippen molar-refractivity contribution in [2.75, 3.05) is 6.54 Å². The Kier molecular flexibility index (Phi) is 5.10. The number of pyridine rings is 1. The molecule has 5 rings (SSSR count). The van der Waals surface area contributed by atoms with E-state index in [1.165, 1.54) is 20.9 Å². The SMILES string of the molecule is Cc1ccc(Sc2ccc([C@@H]3[C@@H](c4ccccn4)N=C4S[C@H](C)CN43)cc2)cc1. The number of aryl methyl sites for hydroxylation is 1. The predicted molar refractivity (Wildman–Crippen MR) is 123 cm³/mol. The first kappa shape index (κ1) is 18.8. The fraction of sp³-hybridized carbons (Fsp3) is 0.250. The van der Waals surface area contributed by atoms with Gasteiger partial charge in [-0.25, -0.2) is 0 Å². The summed E-state index contributed by atoms with van der Waals surface area (Å²) in [5.41, 5.74) is 3.65. The van der Waals surface area contributed by atoms with Crippen LogP contribution in [0.4, 0.5) is 0 Å². The fourth-order valence-electron chi connectivity index (χ4n) is 3.95. The molecule has 0 unspecified atom stereocenters. The number of nitrogens with zero attached hydrogens (tertiary/aromatic N) is 3. The van der Waals surface area contributed by atoms with E-state index in [-0.39, 0.29) is 12.1 Å². The molecule has 0 radical (unpaired) electrons. The van der Waals surface area contributed by atoms with E-state index < -0.39 is 0 Å². The molecule has 3 atom stereocenters. The van der Waals surface area contributed by atoms with Crippen molar-refractivity contribution in [1.29, 1.82) is 0 Å². The van der Waals surface area contributed by atoms with E-state index in [2.05, 4.69) is 84.4 Å². The molecule has 2 aliphatic heterocycles. The van der Waals surface area contributed by atoms with Gasteiger partial charge in [0.05, 0.1) is 11.7 Å². The molecule has 3 nitrogen and oxygen atoms in total. The van der Waals surface area contributed by atoms with Crippen LogP contribution < -0.4 is 0 Å². The summed E-state index contributed by atoms with van der Waals surface area (Å²) in [6.07, 6.45) is 1.87. The summed E-state index contributed by atoms with van der Waals surface area (Å²) in [6.45, 7) is 5.44. The number of hydrogen-bond acceptors (Lipinski definition) is 5. The maximum absolute atomic E-state index is 5.06. The normalized spacial score (nSPS) is 23.2. The Bertz CT molecular complexity index is 1020. The number of rotatable bonds is 4. The summed E-state index contributed by atoms with van der Waals surface area (Å²) in [4.78, 5) is 14.7. The number of benzene rings is 2. The van der Waals surface area contributed by atoms with Crippen LogP contribution in [-0.4, -0.2) is 26.8 Å². The minimum absolute atomic E-state index is 0.0572. The Hall–Kier alpha value is -2.24. The van der Waals surface area contributed by atoms with Crippen LogP contribution >= 0.6 is 23.5 Å². The zero-order chi connectivity index (χ0) is 19.8. The smallest absolute Gasteiger partial charge is 0.160 e. The number of thioether (sulfide) groups is 1. The minimum atomic E-state index is 0.0572. The molecule has 0 saturated carbocycles. The van der Waals surface area contributed by atoms with E-state index in [1.807, 2.05) is 24.0 Å². The third kappa shape index (κ3) is 3.81. The molecule has 2 aromatic carbocycles.